The summed E-state index contributed by atoms with van der Waals surface area (Å²) >= 11 is 0. The number of fused-ring (bicyclic) bond motifs is 1. The molecule has 0 spiro atoms. The van der Waals surface area contributed by atoms with Gasteiger partial charge in [-0.3, -0.25) is 4.90 Å². The molecule has 5 nitrogen and oxygen atoms in total. The van der Waals surface area contributed by atoms with Crippen LogP contribution in [0, 0.1) is 0 Å². The number of nitrogens with zero attached hydrogens (tertiary/aromatic N) is 4. The Morgan fingerprint density at radius 3 is 3.00 bits per heavy atom. The van der Waals surface area contributed by atoms with E-state index in [0.717, 1.165) is 32.7 Å². The van der Waals surface area contributed by atoms with Crippen LogP contribution in [0.3, 0.4) is 0 Å². The van der Waals surface area contributed by atoms with Crippen LogP contribution in [0.25, 0.3) is 0 Å². The van der Waals surface area contributed by atoms with Crippen LogP contribution in [0.1, 0.15) is 25.1 Å². The van der Waals surface area contributed by atoms with Gasteiger partial charge in [-0.25, -0.2) is 4.98 Å². The lowest BCUT2D eigenvalue weighted by molar-refractivity contribution is 0.0505. The molecule has 1 aromatic rings. The van der Waals surface area contributed by atoms with Crippen LogP contribution in [-0.4, -0.2) is 58.1 Å². The fourth-order valence-corrected chi connectivity index (χ4v) is 3.54. The lowest BCUT2D eigenvalue weighted by atomic mass is 9.88. The first kappa shape index (κ1) is 13.1. The molecule has 3 heterocycles. The Bertz CT molecular complexity index is 429. The molecular formula is C14H25N5. The van der Waals surface area contributed by atoms with E-state index in [1.165, 1.54) is 31.6 Å². The third-order valence-corrected chi connectivity index (χ3v) is 4.94. The lowest BCUT2D eigenvalue weighted by Gasteiger charge is -2.45. The number of hydrogen-bond donors (Lipinski definition) is 1. The average molecular weight is 263 g/mol. The Balaban J connectivity index is 1.79. The van der Waals surface area contributed by atoms with Gasteiger partial charge in [0, 0.05) is 37.6 Å². The van der Waals surface area contributed by atoms with E-state index < -0.39 is 0 Å². The Labute approximate surface area is 115 Å². The van der Waals surface area contributed by atoms with Crippen molar-refractivity contribution in [3.63, 3.8) is 0 Å². The molecule has 0 amide bonds. The van der Waals surface area contributed by atoms with Gasteiger partial charge >= 0.3 is 0 Å². The summed E-state index contributed by atoms with van der Waals surface area (Å²) in [5.41, 5.74) is 6.37. The topological polar surface area (TPSA) is 50.3 Å². The predicted octanol–water partition coefficient (Wildman–Crippen LogP) is 0.512. The molecule has 5 heteroatoms. The summed E-state index contributed by atoms with van der Waals surface area (Å²) in [6.45, 7) is 6.22. The van der Waals surface area contributed by atoms with E-state index in [9.17, 15) is 0 Å². The van der Waals surface area contributed by atoms with Gasteiger partial charge in [0.05, 0.1) is 6.54 Å². The standard InChI is InChI=1S/C14H25N5/c1-17-6-2-3-14(12-15,4-7-17)19-10-9-18-8-5-16-13(18)11-19/h5,8H,2-4,6-7,9-12,15H2,1H3. The minimum atomic E-state index is 0.183. The highest BCUT2D eigenvalue weighted by Crippen LogP contribution is 2.30. The predicted molar refractivity (Wildman–Crippen MR) is 75.8 cm³/mol. The SMILES string of the molecule is CN1CCCC(CN)(N2CCn3ccnc3C2)CC1. The highest BCUT2D eigenvalue weighted by atomic mass is 15.3. The lowest BCUT2D eigenvalue weighted by Crippen LogP contribution is -2.56. The molecule has 1 atom stereocenters. The van der Waals surface area contributed by atoms with Crippen LogP contribution in [0.2, 0.25) is 0 Å². The van der Waals surface area contributed by atoms with Crippen molar-refractivity contribution >= 4 is 0 Å². The van der Waals surface area contributed by atoms with Crippen molar-refractivity contribution < 1.29 is 0 Å². The van der Waals surface area contributed by atoms with Crippen LogP contribution in [0.5, 0.6) is 0 Å². The first-order valence-corrected chi connectivity index (χ1v) is 7.37. The second kappa shape index (κ2) is 5.23. The summed E-state index contributed by atoms with van der Waals surface area (Å²) in [5, 5.41) is 0. The number of likely N-dealkylation sites (tertiary alicyclic amines) is 1. The molecule has 19 heavy (non-hydrogen) atoms. The second-order valence-corrected chi connectivity index (χ2v) is 6.04. The smallest absolute Gasteiger partial charge is 0.122 e. The molecule has 1 fully saturated rings. The fraction of sp³-hybridized carbons (Fsp3) is 0.786. The third-order valence-electron chi connectivity index (χ3n) is 4.94. The molecule has 0 aliphatic carbocycles. The fourth-order valence-electron chi connectivity index (χ4n) is 3.54. The number of imidazole rings is 1. The minimum absolute atomic E-state index is 0.183. The minimum Gasteiger partial charge on any atom is -0.333 e. The van der Waals surface area contributed by atoms with Crippen LogP contribution in [0.4, 0.5) is 0 Å². The first-order chi connectivity index (χ1) is 9.23. The van der Waals surface area contributed by atoms with Crippen LogP contribution < -0.4 is 5.73 Å². The van der Waals surface area contributed by atoms with Crippen molar-refractivity contribution in [2.24, 2.45) is 5.73 Å². The van der Waals surface area contributed by atoms with Gasteiger partial charge in [-0.05, 0) is 39.4 Å². The van der Waals surface area contributed by atoms with Gasteiger partial charge in [0.2, 0.25) is 0 Å². The zero-order valence-corrected chi connectivity index (χ0v) is 11.9. The number of nitrogens with two attached hydrogens (primary N) is 1. The Morgan fingerprint density at radius 2 is 2.16 bits per heavy atom. The summed E-state index contributed by atoms with van der Waals surface area (Å²) < 4.78 is 2.27. The van der Waals surface area contributed by atoms with Crippen LogP contribution >= 0.6 is 0 Å². The number of hydrogen-bond acceptors (Lipinski definition) is 4. The molecule has 2 N–H and O–H groups in total. The average Bonchev–Trinajstić information content (AvgIpc) is 2.81. The third kappa shape index (κ3) is 2.42. The normalized spacial score (nSPS) is 30.0. The summed E-state index contributed by atoms with van der Waals surface area (Å²) in [7, 11) is 2.22. The van der Waals surface area contributed by atoms with Gasteiger partial charge in [0.25, 0.3) is 0 Å². The van der Waals surface area contributed by atoms with E-state index in [-0.39, 0.29) is 5.54 Å². The van der Waals surface area contributed by atoms with Gasteiger partial charge in [0.15, 0.2) is 0 Å². The maximum atomic E-state index is 6.19. The van der Waals surface area contributed by atoms with E-state index in [2.05, 4.69) is 32.6 Å². The van der Waals surface area contributed by atoms with Crippen molar-refractivity contribution in [1.29, 1.82) is 0 Å². The summed E-state index contributed by atoms with van der Waals surface area (Å²) in [6, 6.07) is 0. The zero-order valence-electron chi connectivity index (χ0n) is 11.9. The molecule has 2 aliphatic rings. The molecule has 106 valence electrons. The van der Waals surface area contributed by atoms with E-state index in [4.69, 9.17) is 5.73 Å². The van der Waals surface area contributed by atoms with Gasteiger partial charge in [-0.2, -0.15) is 0 Å². The van der Waals surface area contributed by atoms with Crippen LogP contribution in [-0.2, 0) is 13.1 Å². The molecule has 1 unspecified atom stereocenters. The zero-order chi connectivity index (χ0) is 13.3. The number of aromatic nitrogens is 2. The number of rotatable bonds is 2. The molecule has 0 aromatic carbocycles. The van der Waals surface area contributed by atoms with Gasteiger partial charge in [-0.1, -0.05) is 0 Å². The largest absolute Gasteiger partial charge is 0.333 e. The quantitative estimate of drug-likeness (QED) is 0.845. The van der Waals surface area contributed by atoms with E-state index in [1.807, 2.05) is 6.20 Å². The van der Waals surface area contributed by atoms with E-state index in [1.54, 1.807) is 0 Å². The van der Waals surface area contributed by atoms with Crippen molar-refractivity contribution in [2.75, 3.05) is 33.2 Å². The Kier molecular flexibility index (Phi) is 3.60. The summed E-state index contributed by atoms with van der Waals surface area (Å²) in [4.78, 5) is 9.50. The van der Waals surface area contributed by atoms with Crippen LogP contribution in [0.15, 0.2) is 12.4 Å². The first-order valence-electron chi connectivity index (χ1n) is 7.37. The molecule has 1 saturated heterocycles. The Hall–Kier alpha value is -0.910. The monoisotopic (exact) mass is 263 g/mol. The maximum Gasteiger partial charge on any atom is 0.122 e. The molecule has 2 aliphatic heterocycles. The van der Waals surface area contributed by atoms with Crippen molar-refractivity contribution in [1.82, 2.24) is 19.4 Å². The second-order valence-electron chi connectivity index (χ2n) is 6.04. The molecule has 1 aromatic heterocycles. The van der Waals surface area contributed by atoms with Crippen molar-refractivity contribution in [3.05, 3.63) is 18.2 Å². The highest BCUT2D eigenvalue weighted by Gasteiger charge is 2.38. The van der Waals surface area contributed by atoms with E-state index >= 15 is 0 Å². The van der Waals surface area contributed by atoms with Crippen molar-refractivity contribution in [2.45, 2.75) is 37.9 Å². The molecule has 0 radical (unpaired) electrons. The summed E-state index contributed by atoms with van der Waals surface area (Å²) in [5.74, 6) is 1.19. The molecule has 0 bridgehead atoms. The summed E-state index contributed by atoms with van der Waals surface area (Å²) in [6.07, 6.45) is 7.64. The Morgan fingerprint density at radius 1 is 1.26 bits per heavy atom. The highest BCUT2D eigenvalue weighted by molar-refractivity contribution is 5.02. The molecule has 0 saturated carbocycles. The maximum absolute atomic E-state index is 6.19. The van der Waals surface area contributed by atoms with Gasteiger partial charge < -0.3 is 15.2 Å². The van der Waals surface area contributed by atoms with Crippen molar-refractivity contribution in [3.8, 4) is 0 Å². The molecule has 3 rings (SSSR count). The van der Waals surface area contributed by atoms with E-state index in [0.29, 0.717) is 0 Å². The van der Waals surface area contributed by atoms with Gasteiger partial charge in [0.1, 0.15) is 5.82 Å². The molecular weight excluding hydrogens is 238 g/mol. The van der Waals surface area contributed by atoms with Gasteiger partial charge in [-0.15, -0.1) is 0 Å².